The van der Waals surface area contributed by atoms with Crippen LogP contribution in [0, 0.1) is 0 Å². The first-order valence-electron chi connectivity index (χ1n) is 5.58. The van der Waals surface area contributed by atoms with Crippen molar-refractivity contribution in [1.82, 2.24) is 20.3 Å². The lowest BCUT2D eigenvalue weighted by Gasteiger charge is -2.37. The summed E-state index contributed by atoms with van der Waals surface area (Å²) in [5.74, 6) is 0.0299. The van der Waals surface area contributed by atoms with Gasteiger partial charge in [-0.05, 0) is 19.3 Å². The van der Waals surface area contributed by atoms with Crippen LogP contribution in [0.3, 0.4) is 0 Å². The maximum absolute atomic E-state index is 11.5. The van der Waals surface area contributed by atoms with Crippen LogP contribution in [0.25, 0.3) is 0 Å². The van der Waals surface area contributed by atoms with E-state index in [0.29, 0.717) is 19.5 Å². The monoisotopic (exact) mass is 223 g/mol. The first kappa shape index (κ1) is 11.1. The van der Waals surface area contributed by atoms with Crippen molar-refractivity contribution in [3.8, 4) is 0 Å². The lowest BCUT2D eigenvalue weighted by molar-refractivity contribution is -0.123. The van der Waals surface area contributed by atoms with Crippen molar-refractivity contribution >= 4 is 5.91 Å². The molecule has 0 bridgehead atoms. The average molecular weight is 223 g/mol. The van der Waals surface area contributed by atoms with E-state index in [1.807, 2.05) is 0 Å². The molecule has 6 nitrogen and oxygen atoms in total. The third kappa shape index (κ3) is 2.79. The number of carbonyl (C=O) groups is 1. The zero-order valence-electron chi connectivity index (χ0n) is 9.22. The second kappa shape index (κ2) is 4.61. The predicted molar refractivity (Wildman–Crippen MR) is 58.4 cm³/mol. The fourth-order valence-electron chi connectivity index (χ4n) is 1.85. The molecule has 0 radical (unpaired) electrons. The second-order valence-electron chi connectivity index (χ2n) is 4.41. The molecule has 0 aliphatic heterocycles. The van der Waals surface area contributed by atoms with Crippen molar-refractivity contribution in [2.75, 3.05) is 6.54 Å². The summed E-state index contributed by atoms with van der Waals surface area (Å²) in [7, 11) is 0. The molecule has 0 unspecified atom stereocenters. The molecule has 0 atom stereocenters. The van der Waals surface area contributed by atoms with Gasteiger partial charge in [-0.3, -0.25) is 9.48 Å². The van der Waals surface area contributed by atoms with E-state index < -0.39 is 0 Å². The first-order valence-corrected chi connectivity index (χ1v) is 5.58. The molecule has 2 rings (SSSR count). The minimum atomic E-state index is -0.239. The van der Waals surface area contributed by atoms with Crippen molar-refractivity contribution in [3.05, 3.63) is 12.4 Å². The summed E-state index contributed by atoms with van der Waals surface area (Å²) in [6.45, 7) is 1.21. The number of aromatic nitrogens is 3. The van der Waals surface area contributed by atoms with Crippen LogP contribution in [0.1, 0.15) is 25.7 Å². The topological polar surface area (TPSA) is 85.8 Å². The summed E-state index contributed by atoms with van der Waals surface area (Å²) < 4.78 is 1.68. The Morgan fingerprint density at radius 2 is 2.38 bits per heavy atom. The summed E-state index contributed by atoms with van der Waals surface area (Å²) in [4.78, 5) is 11.5. The van der Waals surface area contributed by atoms with Crippen LogP contribution in [0.15, 0.2) is 12.4 Å². The Morgan fingerprint density at radius 3 is 2.94 bits per heavy atom. The van der Waals surface area contributed by atoms with Gasteiger partial charge in [0.15, 0.2) is 0 Å². The van der Waals surface area contributed by atoms with E-state index in [4.69, 9.17) is 5.73 Å². The fraction of sp³-hybridized carbons (Fsp3) is 0.700. The largest absolute Gasteiger partial charge is 0.354 e. The van der Waals surface area contributed by atoms with Gasteiger partial charge in [-0.1, -0.05) is 5.21 Å². The Morgan fingerprint density at radius 1 is 1.56 bits per heavy atom. The highest BCUT2D eigenvalue weighted by molar-refractivity contribution is 5.77. The van der Waals surface area contributed by atoms with Crippen molar-refractivity contribution in [1.29, 1.82) is 0 Å². The number of hydrogen-bond acceptors (Lipinski definition) is 4. The Kier molecular flexibility index (Phi) is 3.19. The molecule has 6 heteroatoms. The summed E-state index contributed by atoms with van der Waals surface area (Å²) in [5.41, 5.74) is 5.74. The minimum absolute atomic E-state index is 0.0299. The van der Waals surface area contributed by atoms with Crippen molar-refractivity contribution < 1.29 is 4.79 Å². The van der Waals surface area contributed by atoms with Gasteiger partial charge in [-0.2, -0.15) is 0 Å². The molecule has 1 heterocycles. The van der Waals surface area contributed by atoms with Gasteiger partial charge in [-0.15, -0.1) is 5.10 Å². The maximum atomic E-state index is 11.5. The van der Waals surface area contributed by atoms with Gasteiger partial charge in [0.2, 0.25) is 5.91 Å². The summed E-state index contributed by atoms with van der Waals surface area (Å²) in [6, 6.07) is 0. The van der Waals surface area contributed by atoms with Crippen LogP contribution >= 0.6 is 0 Å². The number of nitrogens with one attached hydrogen (secondary N) is 1. The highest BCUT2D eigenvalue weighted by Crippen LogP contribution is 2.31. The molecule has 1 aliphatic carbocycles. The molecule has 0 spiro atoms. The molecule has 1 aromatic rings. The molecule has 1 fully saturated rings. The van der Waals surface area contributed by atoms with Crippen LogP contribution in [0.4, 0.5) is 0 Å². The van der Waals surface area contributed by atoms with Gasteiger partial charge in [0.05, 0.1) is 12.7 Å². The Bertz CT molecular complexity index is 344. The van der Waals surface area contributed by atoms with Crippen molar-refractivity contribution in [3.63, 3.8) is 0 Å². The van der Waals surface area contributed by atoms with Crippen LogP contribution < -0.4 is 11.1 Å². The number of nitrogens with zero attached hydrogens (tertiary/aromatic N) is 3. The summed E-state index contributed by atoms with van der Waals surface area (Å²) in [6.07, 6.45) is 6.88. The van der Waals surface area contributed by atoms with E-state index in [1.54, 1.807) is 17.1 Å². The number of hydrogen-bond donors (Lipinski definition) is 2. The normalized spacial score (nSPS) is 17.8. The third-order valence-electron chi connectivity index (χ3n) is 3.00. The van der Waals surface area contributed by atoms with Gasteiger partial charge in [-0.25, -0.2) is 0 Å². The highest BCUT2D eigenvalue weighted by atomic mass is 16.1. The van der Waals surface area contributed by atoms with E-state index in [2.05, 4.69) is 15.6 Å². The SMILES string of the molecule is NC1(CC(=O)NCCn2ccnn2)CCC1. The van der Waals surface area contributed by atoms with Crippen LogP contribution in [0.2, 0.25) is 0 Å². The van der Waals surface area contributed by atoms with E-state index in [0.717, 1.165) is 19.3 Å². The van der Waals surface area contributed by atoms with Crippen molar-refractivity contribution in [2.45, 2.75) is 37.8 Å². The zero-order valence-corrected chi connectivity index (χ0v) is 9.22. The molecule has 0 aromatic carbocycles. The quantitative estimate of drug-likeness (QED) is 0.715. The maximum Gasteiger partial charge on any atom is 0.221 e. The van der Waals surface area contributed by atoms with E-state index in [-0.39, 0.29) is 11.4 Å². The molecule has 1 saturated carbocycles. The molecule has 1 aliphatic rings. The Labute approximate surface area is 94.2 Å². The Balaban J connectivity index is 1.64. The summed E-state index contributed by atoms with van der Waals surface area (Å²) >= 11 is 0. The van der Waals surface area contributed by atoms with Gasteiger partial charge in [0, 0.05) is 24.7 Å². The highest BCUT2D eigenvalue weighted by Gasteiger charge is 2.34. The first-order chi connectivity index (χ1) is 7.68. The van der Waals surface area contributed by atoms with E-state index >= 15 is 0 Å². The average Bonchev–Trinajstić information content (AvgIpc) is 2.68. The van der Waals surface area contributed by atoms with E-state index in [1.165, 1.54) is 0 Å². The van der Waals surface area contributed by atoms with E-state index in [9.17, 15) is 4.79 Å². The number of rotatable bonds is 5. The molecule has 0 saturated heterocycles. The zero-order chi connectivity index (χ0) is 11.4. The van der Waals surface area contributed by atoms with Gasteiger partial charge >= 0.3 is 0 Å². The molecular weight excluding hydrogens is 206 g/mol. The molecule has 1 amide bonds. The lowest BCUT2D eigenvalue weighted by Crippen LogP contribution is -2.50. The van der Waals surface area contributed by atoms with Crippen LogP contribution in [0.5, 0.6) is 0 Å². The van der Waals surface area contributed by atoms with Gasteiger partial charge < -0.3 is 11.1 Å². The van der Waals surface area contributed by atoms with Crippen molar-refractivity contribution in [2.24, 2.45) is 5.73 Å². The van der Waals surface area contributed by atoms with Gasteiger partial charge in [0.1, 0.15) is 0 Å². The lowest BCUT2D eigenvalue weighted by atomic mass is 9.75. The second-order valence-corrected chi connectivity index (χ2v) is 4.41. The molecule has 3 N–H and O–H groups in total. The molecule has 1 aromatic heterocycles. The number of amides is 1. The number of nitrogens with two attached hydrogens (primary N) is 1. The standard InChI is InChI=1S/C10H17N5O/c11-10(2-1-3-10)8-9(16)12-4-6-15-7-5-13-14-15/h5,7H,1-4,6,8,11H2,(H,12,16). The van der Waals surface area contributed by atoms with Crippen LogP contribution in [-0.2, 0) is 11.3 Å². The van der Waals surface area contributed by atoms with Crippen LogP contribution in [-0.4, -0.2) is 33.0 Å². The smallest absolute Gasteiger partial charge is 0.221 e. The summed E-state index contributed by atoms with van der Waals surface area (Å²) in [5, 5.41) is 10.3. The predicted octanol–water partition coefficient (Wildman–Crippen LogP) is -0.334. The fourth-order valence-corrected chi connectivity index (χ4v) is 1.85. The molecule has 16 heavy (non-hydrogen) atoms. The van der Waals surface area contributed by atoms with Gasteiger partial charge in [0.25, 0.3) is 0 Å². The minimum Gasteiger partial charge on any atom is -0.354 e. The third-order valence-corrected chi connectivity index (χ3v) is 3.00. The molecule has 88 valence electrons. The molecular formula is C10H17N5O. The number of carbonyl (C=O) groups excluding carboxylic acids is 1. The Hall–Kier alpha value is -1.43.